The van der Waals surface area contributed by atoms with Crippen molar-refractivity contribution in [3.05, 3.63) is 0 Å². The molecule has 0 saturated carbocycles. The second kappa shape index (κ2) is 10.6. The van der Waals surface area contributed by atoms with Gasteiger partial charge in [0, 0.05) is 0 Å². The van der Waals surface area contributed by atoms with E-state index in [4.69, 9.17) is 10.2 Å². The van der Waals surface area contributed by atoms with Crippen molar-refractivity contribution in [2.45, 2.75) is 103 Å². The molecule has 4 nitrogen and oxygen atoms in total. The monoisotopic (exact) mass is 292 g/mol. The predicted octanol–water partition coefficient (Wildman–Crippen LogP) is 2.62. The van der Waals surface area contributed by atoms with Crippen LogP contribution < -0.4 is 0 Å². The Hall–Kier alpha value is -0.160. The Morgan fingerprint density at radius 1 is 0.700 bits per heavy atom. The van der Waals surface area contributed by atoms with Crippen LogP contribution in [0.4, 0.5) is 0 Å². The third-order valence-corrected chi connectivity index (χ3v) is 2.82. The highest BCUT2D eigenvalue weighted by atomic mass is 16.3. The molecule has 0 amide bonds. The minimum absolute atomic E-state index is 0.234. The number of hydrogen-bond acceptors (Lipinski definition) is 4. The smallest absolute Gasteiger partial charge is 0.0591 e. The molecule has 0 aliphatic heterocycles. The molecule has 0 aromatic rings. The van der Waals surface area contributed by atoms with E-state index in [2.05, 4.69) is 0 Å². The van der Waals surface area contributed by atoms with Gasteiger partial charge in [-0.05, 0) is 80.1 Å². The topological polar surface area (TPSA) is 80.9 Å². The number of aliphatic hydroxyl groups excluding tert-OH is 2. The minimum atomic E-state index is -0.575. The van der Waals surface area contributed by atoms with E-state index >= 15 is 0 Å². The van der Waals surface area contributed by atoms with Crippen LogP contribution in [0.1, 0.15) is 80.1 Å². The van der Waals surface area contributed by atoms with E-state index < -0.39 is 11.2 Å². The van der Waals surface area contributed by atoms with Crippen molar-refractivity contribution < 1.29 is 20.4 Å². The van der Waals surface area contributed by atoms with Crippen molar-refractivity contribution >= 4 is 0 Å². The molecule has 0 bridgehead atoms. The van der Waals surface area contributed by atoms with Gasteiger partial charge in [0.25, 0.3) is 0 Å². The number of rotatable bonds is 8. The first-order chi connectivity index (χ1) is 8.83. The second-order valence-electron chi connectivity index (χ2n) is 7.11. The summed E-state index contributed by atoms with van der Waals surface area (Å²) >= 11 is 0. The van der Waals surface area contributed by atoms with Crippen molar-refractivity contribution in [2.24, 2.45) is 0 Å². The van der Waals surface area contributed by atoms with Crippen molar-refractivity contribution in [1.29, 1.82) is 0 Å². The third kappa shape index (κ3) is 26.4. The lowest BCUT2D eigenvalue weighted by molar-refractivity contribution is 0.0624. The van der Waals surface area contributed by atoms with Crippen LogP contribution in [0.25, 0.3) is 0 Å². The van der Waals surface area contributed by atoms with E-state index in [1.165, 1.54) is 0 Å². The van der Waals surface area contributed by atoms with E-state index in [1.54, 1.807) is 41.5 Å². The first kappa shape index (κ1) is 22.1. The summed E-state index contributed by atoms with van der Waals surface area (Å²) in [4.78, 5) is 0. The molecule has 20 heavy (non-hydrogen) atoms. The van der Waals surface area contributed by atoms with E-state index in [0.29, 0.717) is 0 Å². The van der Waals surface area contributed by atoms with Crippen LogP contribution >= 0.6 is 0 Å². The maximum absolute atomic E-state index is 9.25. The lowest BCUT2D eigenvalue weighted by atomic mass is 10.0. The van der Waals surface area contributed by atoms with Gasteiger partial charge in [-0.15, -0.1) is 0 Å². The van der Waals surface area contributed by atoms with Crippen LogP contribution in [-0.4, -0.2) is 43.8 Å². The zero-order valence-corrected chi connectivity index (χ0v) is 14.2. The van der Waals surface area contributed by atoms with Gasteiger partial charge in [-0.2, -0.15) is 0 Å². The molecule has 0 radical (unpaired) electrons. The molecule has 0 aliphatic rings. The van der Waals surface area contributed by atoms with Gasteiger partial charge in [-0.3, -0.25) is 0 Å². The Bertz CT molecular complexity index is 187. The van der Waals surface area contributed by atoms with Crippen LogP contribution in [0.5, 0.6) is 0 Å². The second-order valence-corrected chi connectivity index (χ2v) is 7.11. The Labute approximate surface area is 124 Å². The molecule has 124 valence electrons. The zero-order chi connectivity index (χ0) is 16.4. The van der Waals surface area contributed by atoms with Gasteiger partial charge in [0.2, 0.25) is 0 Å². The fourth-order valence-electron chi connectivity index (χ4n) is 1.66. The van der Waals surface area contributed by atoms with Gasteiger partial charge in [-0.1, -0.05) is 0 Å². The molecular formula is C16H36O4. The van der Waals surface area contributed by atoms with Crippen LogP contribution in [0.3, 0.4) is 0 Å². The van der Waals surface area contributed by atoms with Gasteiger partial charge in [0.05, 0.1) is 23.4 Å². The summed E-state index contributed by atoms with van der Waals surface area (Å²) in [6.07, 6.45) is 4.40. The minimum Gasteiger partial charge on any atom is -0.393 e. The molecule has 0 heterocycles. The number of aliphatic hydroxyl groups is 4. The van der Waals surface area contributed by atoms with Crippen molar-refractivity contribution in [3.8, 4) is 0 Å². The van der Waals surface area contributed by atoms with Crippen LogP contribution in [0.15, 0.2) is 0 Å². The fourth-order valence-corrected chi connectivity index (χ4v) is 1.66. The van der Waals surface area contributed by atoms with Crippen LogP contribution in [0, 0.1) is 0 Å². The molecule has 2 unspecified atom stereocenters. The molecule has 0 spiro atoms. The van der Waals surface area contributed by atoms with E-state index in [1.807, 2.05) is 0 Å². The third-order valence-electron chi connectivity index (χ3n) is 2.82. The Kier molecular flexibility index (Phi) is 11.7. The maximum Gasteiger partial charge on any atom is 0.0591 e. The standard InChI is InChI=1S/2C8H18O2/c2*1-7(9)5-4-6-8(2,3)10/h2*7,9-10H,4-6H2,1-3H3. The van der Waals surface area contributed by atoms with Gasteiger partial charge >= 0.3 is 0 Å². The molecule has 0 fully saturated rings. The van der Waals surface area contributed by atoms with Gasteiger partial charge in [0.1, 0.15) is 0 Å². The molecule has 0 rings (SSSR count). The summed E-state index contributed by atoms with van der Waals surface area (Å²) in [5, 5.41) is 36.2. The molecule has 4 N–H and O–H groups in total. The summed E-state index contributed by atoms with van der Waals surface area (Å²) in [6, 6.07) is 0. The SMILES string of the molecule is CC(O)CCCC(C)(C)O.CC(O)CCCC(C)(C)O. The molecule has 0 aromatic heterocycles. The fraction of sp³-hybridized carbons (Fsp3) is 1.00. The summed E-state index contributed by atoms with van der Waals surface area (Å²) < 4.78 is 0. The maximum atomic E-state index is 9.25. The summed E-state index contributed by atoms with van der Waals surface area (Å²) in [6.45, 7) is 10.7. The zero-order valence-electron chi connectivity index (χ0n) is 14.2. The average molecular weight is 292 g/mol. The van der Waals surface area contributed by atoms with Gasteiger partial charge < -0.3 is 20.4 Å². The summed E-state index contributed by atoms with van der Waals surface area (Å²) in [7, 11) is 0. The van der Waals surface area contributed by atoms with E-state index in [9.17, 15) is 10.2 Å². The highest BCUT2D eigenvalue weighted by molar-refractivity contribution is 4.65. The Balaban J connectivity index is 0. The van der Waals surface area contributed by atoms with Gasteiger partial charge in [-0.25, -0.2) is 0 Å². The van der Waals surface area contributed by atoms with Crippen molar-refractivity contribution in [3.63, 3.8) is 0 Å². The molecule has 0 aliphatic carbocycles. The van der Waals surface area contributed by atoms with Crippen LogP contribution in [0.2, 0.25) is 0 Å². The molecule has 0 aromatic carbocycles. The average Bonchev–Trinajstić information content (AvgIpc) is 2.12. The highest BCUT2D eigenvalue weighted by Crippen LogP contribution is 2.13. The molecule has 2 atom stereocenters. The van der Waals surface area contributed by atoms with Gasteiger partial charge in [0.15, 0.2) is 0 Å². The largest absolute Gasteiger partial charge is 0.393 e. The quantitative estimate of drug-likeness (QED) is 0.554. The first-order valence-corrected chi connectivity index (χ1v) is 7.64. The summed E-state index contributed by atoms with van der Waals surface area (Å²) in [5.74, 6) is 0. The summed E-state index contributed by atoms with van der Waals surface area (Å²) in [5.41, 5.74) is -1.15. The molecular weight excluding hydrogens is 256 g/mol. The lowest BCUT2D eigenvalue weighted by Crippen LogP contribution is -2.18. The predicted molar refractivity (Wildman–Crippen MR) is 83.7 cm³/mol. The Morgan fingerprint density at radius 2 is 0.950 bits per heavy atom. The Morgan fingerprint density at radius 3 is 1.10 bits per heavy atom. The highest BCUT2D eigenvalue weighted by Gasteiger charge is 2.12. The molecule has 4 heteroatoms. The van der Waals surface area contributed by atoms with Crippen molar-refractivity contribution in [2.75, 3.05) is 0 Å². The van der Waals surface area contributed by atoms with Crippen molar-refractivity contribution in [1.82, 2.24) is 0 Å². The normalized spacial score (nSPS) is 15.3. The lowest BCUT2D eigenvalue weighted by Gasteiger charge is -2.16. The molecule has 0 saturated heterocycles. The van der Waals surface area contributed by atoms with Crippen LogP contribution in [-0.2, 0) is 0 Å². The first-order valence-electron chi connectivity index (χ1n) is 7.64. The van der Waals surface area contributed by atoms with E-state index in [-0.39, 0.29) is 12.2 Å². The van der Waals surface area contributed by atoms with E-state index in [0.717, 1.165) is 38.5 Å². The number of hydrogen-bond donors (Lipinski definition) is 4.